The van der Waals surface area contributed by atoms with E-state index in [1.807, 2.05) is 228 Å². The number of benzene rings is 9. The Kier molecular flexibility index (Phi) is 26.4. The molecule has 0 saturated carbocycles. The van der Waals surface area contributed by atoms with Crippen LogP contribution in [0.4, 0.5) is 30.8 Å². The van der Waals surface area contributed by atoms with Crippen molar-refractivity contribution >= 4 is 187 Å². The molecule has 0 saturated heterocycles. The number of aromatic nitrogens is 15. The fourth-order valence-electron chi connectivity index (χ4n) is 17.1. The molecule has 0 atom stereocenters. The minimum atomic E-state index is -1.08. The molecule has 20 aromatic rings. The van der Waals surface area contributed by atoms with Gasteiger partial charge in [-0.3, -0.25) is 35.1 Å². The van der Waals surface area contributed by atoms with Gasteiger partial charge in [0.15, 0.2) is 59.3 Å². The second-order valence-electron chi connectivity index (χ2n) is 33.1. The number of ketones is 1. The molecule has 0 bridgehead atoms. The number of carbonyl (C=O) groups excluding carboxylic acids is 4. The number of carbonyl (C=O) groups is 6. The molecule has 0 spiro atoms. The molecule has 38 heteroatoms. The number of pyridine rings is 1. The van der Waals surface area contributed by atoms with Crippen molar-refractivity contribution in [2.24, 2.45) is 0 Å². The Morgan fingerprint density at radius 2 is 0.837 bits per heavy atom. The molecule has 5 N–H and O–H groups in total. The van der Waals surface area contributed by atoms with Gasteiger partial charge in [-0.2, -0.15) is 15.3 Å². The maximum atomic E-state index is 13.5. The van der Waals surface area contributed by atoms with Gasteiger partial charge in [0.1, 0.15) is 29.3 Å². The van der Waals surface area contributed by atoms with Crippen LogP contribution in [0.2, 0.25) is 0 Å². The Hall–Kier alpha value is -16.3. The highest BCUT2D eigenvalue weighted by Crippen LogP contribution is 2.40. The van der Waals surface area contributed by atoms with E-state index in [4.69, 9.17) is 19.2 Å². The van der Waals surface area contributed by atoms with Gasteiger partial charge in [0.2, 0.25) is 0 Å². The predicted molar refractivity (Wildman–Crippen MR) is 548 cm³/mol. The molecule has 11 aromatic heterocycles. The first-order chi connectivity index (χ1) is 69.0. The van der Waals surface area contributed by atoms with Crippen molar-refractivity contribution in [3.63, 3.8) is 0 Å². The number of para-hydroxylation sites is 3. The highest BCUT2D eigenvalue weighted by Gasteiger charge is 2.32. The fraction of sp³-hybridized carbons (Fsp3) is 0.165. The molecule has 23 rings (SSSR count). The molecule has 0 aliphatic carbocycles. The summed E-state index contributed by atoms with van der Waals surface area (Å²) < 4.78 is 26.4. The smallest absolute Gasteiger partial charge is 0.355 e. The summed E-state index contributed by atoms with van der Waals surface area (Å²) in [5.41, 5.74) is 15.1. The third kappa shape index (κ3) is 20.1. The monoisotopic (exact) mass is 1980 g/mol. The van der Waals surface area contributed by atoms with Gasteiger partial charge >= 0.3 is 11.9 Å². The maximum absolute atomic E-state index is 13.5. The van der Waals surface area contributed by atoms with E-state index < -0.39 is 11.9 Å². The molecule has 0 radical (unpaired) electrons. The van der Waals surface area contributed by atoms with Crippen molar-refractivity contribution in [2.75, 3.05) is 70.1 Å². The second kappa shape index (κ2) is 40.8. The van der Waals surface area contributed by atoms with E-state index in [-0.39, 0.29) is 48.1 Å². The van der Waals surface area contributed by atoms with Crippen LogP contribution in [-0.4, -0.2) is 159 Å². The number of Topliss-reactive ketones (excluding diaryl/α,β-unsaturated/α-hetero) is 1. The molecule has 32 nitrogen and oxygen atoms in total. The largest absolute Gasteiger partial charge is 0.494 e. The maximum Gasteiger partial charge on any atom is 0.355 e. The predicted octanol–water partition coefficient (Wildman–Crippen LogP) is 19.6. The van der Waals surface area contributed by atoms with E-state index in [1.165, 1.54) is 63.0 Å². The topological polar surface area (TPSA) is 386 Å². The molecule has 0 unspecified atom stereocenters. The molecule has 9 aromatic carbocycles. The summed E-state index contributed by atoms with van der Waals surface area (Å²) in [5, 5.41) is 47.5. The quantitative estimate of drug-likeness (QED) is 0.0225. The molecule has 3 amide bonds. The van der Waals surface area contributed by atoms with Gasteiger partial charge in [0.05, 0.1) is 85.3 Å². The van der Waals surface area contributed by atoms with Gasteiger partial charge < -0.3 is 39.1 Å². The van der Waals surface area contributed by atoms with Gasteiger partial charge in [-0.05, 0) is 199 Å². The number of anilines is 6. The Morgan fingerprint density at radius 3 is 1.32 bits per heavy atom. The summed E-state index contributed by atoms with van der Waals surface area (Å²) in [6, 6.07) is 69.3. The van der Waals surface area contributed by atoms with Crippen LogP contribution in [0.1, 0.15) is 124 Å². The summed E-state index contributed by atoms with van der Waals surface area (Å²) >= 11 is 8.58. The fourth-order valence-corrected chi connectivity index (χ4v) is 23.0. The molecule has 702 valence electrons. The number of rotatable bonds is 28. The second-order valence-corrected chi connectivity index (χ2v) is 39.3. The zero-order valence-electron chi connectivity index (χ0n) is 75.2. The number of nitrogens with zero attached hydrogens (tertiary/aromatic N) is 18. The van der Waals surface area contributed by atoms with Gasteiger partial charge in [-0.1, -0.05) is 113 Å². The molecule has 14 heterocycles. The average molecular weight is 1980 g/mol. The zero-order chi connectivity index (χ0) is 96.0. The summed E-state index contributed by atoms with van der Waals surface area (Å²) in [6.07, 6.45) is 16.4. The molecule has 0 fully saturated rings. The van der Waals surface area contributed by atoms with Gasteiger partial charge in [-0.15, -0.1) is 34.0 Å². The van der Waals surface area contributed by atoms with Crippen LogP contribution in [0, 0.1) is 0 Å². The van der Waals surface area contributed by atoms with Crippen molar-refractivity contribution in [2.45, 2.75) is 71.5 Å². The van der Waals surface area contributed by atoms with Gasteiger partial charge in [-0.25, -0.2) is 68.5 Å². The number of carboxylic acids is 2. The Labute approximate surface area is 827 Å². The van der Waals surface area contributed by atoms with Crippen LogP contribution >= 0.6 is 68.0 Å². The van der Waals surface area contributed by atoms with E-state index in [9.17, 15) is 39.0 Å². The summed E-state index contributed by atoms with van der Waals surface area (Å²) in [5.74, 6) is -0.760. The van der Waals surface area contributed by atoms with Crippen LogP contribution in [0.3, 0.4) is 0 Å². The van der Waals surface area contributed by atoms with Gasteiger partial charge in [0.25, 0.3) is 17.7 Å². The molecular weight excluding hydrogens is 1900 g/mol. The van der Waals surface area contributed by atoms with Crippen molar-refractivity contribution in [3.8, 4) is 34.3 Å². The number of nitrogens with one attached hydrogen (secondary N) is 3. The van der Waals surface area contributed by atoms with Crippen LogP contribution < -0.4 is 44.9 Å². The average Bonchev–Trinajstić information content (AvgIpc) is 1.77. The lowest BCUT2D eigenvalue weighted by molar-refractivity contribution is 0.0679. The number of fused-ring (bicyclic) bond motifs is 8. The SMILES string of the molecule is CC(=O)c1nc(N2CCc3cccc(C(=O)Nc4nc5ccccc5s4)c3C2)sc1CCCOc1ccc(-n2cccn2)cc1.O=C(Nc1nc2ccccc2s1)c1cccc2c1CN(c1nc(C(=O)O)c(CCOc3ccc(-n4ncc5cncnc54)cc3)s1)CC2.O=C(Nc1nc2ccccc2s1)c1cccc2c1CN(c1nc(C(=O)O)c(CCOc3cccc(-n4ncc5cccnc54)c3)s1)CC2. The summed E-state index contributed by atoms with van der Waals surface area (Å²) in [7, 11) is 0. The van der Waals surface area contributed by atoms with Crippen molar-refractivity contribution in [1.82, 2.24) is 74.2 Å². The highest BCUT2D eigenvalue weighted by molar-refractivity contribution is 7.23. The standard InChI is InChI=1S/C35H27N7O4S2.C34H26N8O4S2.C34H30N6O3S2/c43-32(40-34-38-27-11-1-2-12-28(27)47-34)25-10-3-6-21-13-16-41(20-26(21)25)35-39-30(33(44)45)29(48-35)14-17-46-24-9-4-8-23(18-24)42-31-22(19-37-42)7-5-15-36-31;43-31(40-33-38-26-6-1-2-7-27(26)47-33)24-5-3-4-20-12-14-41(18-25(20)24)34-39-29(32(44)45)28(48-34)13-15-46-23-10-8-22(9-11-23)42-30-21(17-37-42)16-35-19-36-30;1-22(41)31-30(11-5-20-43-25-14-12-24(13-15-25)40-18-6-17-35-40)45-34(37-31)39-19-16-23-7-4-8-26(27(23)21-39)32(42)38-33-36-28-9-2-3-10-29(28)44-33/h1-12,15,18-19H,13-14,16-17,20H2,(H,44,45)(H,38,40,43);1-11,16-17,19H,12-15,18H2,(H,44,45)(H,38,40,43);2-4,6-10,12-15,17-18H,5,11,16,19-21H2,1H3,(H,36,38,42). The van der Waals surface area contributed by atoms with E-state index in [0.29, 0.717) is 146 Å². The van der Waals surface area contributed by atoms with Crippen LogP contribution in [0.25, 0.3) is 69.8 Å². The number of hydrogen-bond donors (Lipinski definition) is 5. The third-order valence-electron chi connectivity index (χ3n) is 24.0. The first-order valence-electron chi connectivity index (χ1n) is 45.2. The summed E-state index contributed by atoms with van der Waals surface area (Å²) in [6.45, 7) is 6.12. The van der Waals surface area contributed by atoms with E-state index in [2.05, 4.69) is 82.1 Å². The van der Waals surface area contributed by atoms with Crippen molar-refractivity contribution in [1.29, 1.82) is 0 Å². The number of amides is 3. The minimum absolute atomic E-state index is 0.0223. The lowest BCUT2D eigenvalue weighted by atomic mass is 9.94. The molecule has 3 aliphatic heterocycles. The van der Waals surface area contributed by atoms with Crippen LogP contribution in [0.5, 0.6) is 17.2 Å². The van der Waals surface area contributed by atoms with Crippen molar-refractivity contribution < 1.29 is 53.2 Å². The highest BCUT2D eigenvalue weighted by atomic mass is 32.1. The normalized spacial score (nSPS) is 12.7. The number of thiazole rings is 6. The zero-order valence-corrected chi connectivity index (χ0v) is 80.1. The number of aromatic carboxylic acids is 2. The number of carboxylic acid groups (broad SMARTS) is 2. The lowest BCUT2D eigenvalue weighted by Gasteiger charge is -2.29. The minimum Gasteiger partial charge on any atom is -0.494 e. The van der Waals surface area contributed by atoms with Gasteiger partial charge in [0, 0.05) is 127 Å². The van der Waals surface area contributed by atoms with Crippen LogP contribution in [0.15, 0.2) is 262 Å². The number of aryl methyl sites for hydroxylation is 1. The Balaban J connectivity index is 0.000000125. The number of hydrogen-bond acceptors (Lipinski definition) is 30. The molecule has 141 heavy (non-hydrogen) atoms. The first-order valence-corrected chi connectivity index (χ1v) is 50.1. The first kappa shape index (κ1) is 91.2. The van der Waals surface area contributed by atoms with E-state index >= 15 is 0 Å². The number of ether oxygens (including phenoxy) is 3. The Bertz CT molecular complexity index is 8010. The van der Waals surface area contributed by atoms with Crippen LogP contribution in [-0.2, 0) is 58.2 Å². The van der Waals surface area contributed by atoms with E-state index in [0.717, 1.165) is 133 Å². The molecular formula is C103H83N21O11S6. The van der Waals surface area contributed by atoms with E-state index in [1.54, 1.807) is 63.3 Å². The molecule has 3 aliphatic rings. The summed E-state index contributed by atoms with van der Waals surface area (Å²) in [4.78, 5) is 126. The third-order valence-corrected chi connectivity index (χ3v) is 30.4. The van der Waals surface area contributed by atoms with Crippen molar-refractivity contribution in [3.05, 3.63) is 344 Å². The lowest BCUT2D eigenvalue weighted by Crippen LogP contribution is -2.32. The Morgan fingerprint density at radius 1 is 0.390 bits per heavy atom.